The maximum atomic E-state index is 6.44. The summed E-state index contributed by atoms with van der Waals surface area (Å²) in [6.45, 7) is 0. The van der Waals surface area contributed by atoms with E-state index in [0.717, 1.165) is 16.1 Å². The van der Waals surface area contributed by atoms with Crippen molar-refractivity contribution < 1.29 is 8.85 Å². The molecule has 0 spiro atoms. The third-order valence-electron chi connectivity index (χ3n) is 3.74. The fraction of sp³-hybridized carbons (Fsp3) is 0.0526. The van der Waals surface area contributed by atoms with Crippen LogP contribution in [0.5, 0.6) is 5.75 Å². The van der Waals surface area contributed by atoms with Crippen molar-refractivity contribution in [3.05, 3.63) is 84.9 Å². The Balaban J connectivity index is 2.11. The Hall–Kier alpha value is -2.56. The Morgan fingerprint density at radius 2 is 1.17 bits per heavy atom. The van der Waals surface area contributed by atoms with Crippen LogP contribution in [0.25, 0.3) is 0 Å². The van der Waals surface area contributed by atoms with Crippen LogP contribution >= 0.6 is 0 Å². The topological polar surface area (TPSA) is 44.5 Å². The molecule has 4 heteroatoms. The summed E-state index contributed by atoms with van der Waals surface area (Å²) in [7, 11) is -1.11. The van der Waals surface area contributed by atoms with E-state index in [4.69, 9.17) is 14.6 Å². The molecule has 0 aliphatic heterocycles. The van der Waals surface area contributed by atoms with Crippen LogP contribution in [-0.4, -0.2) is 15.7 Å². The van der Waals surface area contributed by atoms with Crippen LogP contribution in [0, 0.1) is 0 Å². The normalized spacial score (nSPS) is 11.2. The zero-order chi connectivity index (χ0) is 16.1. The van der Waals surface area contributed by atoms with Gasteiger partial charge in [0.15, 0.2) is 0 Å². The highest BCUT2D eigenvalue weighted by Gasteiger charge is 2.43. The van der Waals surface area contributed by atoms with E-state index in [1.165, 1.54) is 0 Å². The summed E-state index contributed by atoms with van der Waals surface area (Å²) in [5, 5.41) is 2.12. The summed E-state index contributed by atoms with van der Waals surface area (Å²) in [4.78, 5) is 0. The lowest BCUT2D eigenvalue weighted by Gasteiger charge is -2.30. The van der Waals surface area contributed by atoms with Crippen molar-refractivity contribution in [2.45, 2.75) is 0 Å². The van der Waals surface area contributed by atoms with Crippen LogP contribution in [0.3, 0.4) is 0 Å². The van der Waals surface area contributed by atoms with E-state index in [2.05, 4.69) is 24.3 Å². The van der Waals surface area contributed by atoms with Gasteiger partial charge in [-0.1, -0.05) is 60.7 Å². The van der Waals surface area contributed by atoms with Gasteiger partial charge in [-0.15, -0.1) is 0 Å². The molecular weight excluding hydrogens is 302 g/mol. The van der Waals surface area contributed by atoms with Crippen LogP contribution in [-0.2, 0) is 4.43 Å². The van der Waals surface area contributed by atoms with Gasteiger partial charge in [0.2, 0.25) is 0 Å². The van der Waals surface area contributed by atoms with Crippen LogP contribution < -0.4 is 20.5 Å². The number of anilines is 1. The van der Waals surface area contributed by atoms with Crippen molar-refractivity contribution in [2.75, 3.05) is 12.8 Å². The van der Waals surface area contributed by atoms with Crippen LogP contribution in [0.2, 0.25) is 0 Å². The first kappa shape index (κ1) is 15.3. The Kier molecular flexibility index (Phi) is 4.46. The van der Waals surface area contributed by atoms with Gasteiger partial charge in [0.1, 0.15) is 5.75 Å². The summed E-state index contributed by atoms with van der Waals surface area (Å²) in [6.07, 6.45) is 0. The molecule has 0 amide bonds. The van der Waals surface area contributed by atoms with E-state index >= 15 is 0 Å². The van der Waals surface area contributed by atoms with E-state index in [1.807, 2.05) is 60.7 Å². The van der Waals surface area contributed by atoms with Crippen LogP contribution in [0.1, 0.15) is 0 Å². The van der Waals surface area contributed by atoms with Gasteiger partial charge in [-0.25, -0.2) is 0 Å². The van der Waals surface area contributed by atoms with Gasteiger partial charge in [0.05, 0.1) is 0 Å². The van der Waals surface area contributed by atoms with Crippen molar-refractivity contribution in [3.8, 4) is 5.75 Å². The first-order valence-electron chi connectivity index (χ1n) is 7.45. The highest BCUT2D eigenvalue weighted by Crippen LogP contribution is 2.18. The molecule has 23 heavy (non-hydrogen) atoms. The molecule has 0 aromatic heterocycles. The fourth-order valence-electron chi connectivity index (χ4n) is 2.58. The van der Waals surface area contributed by atoms with Gasteiger partial charge < -0.3 is 14.6 Å². The summed E-state index contributed by atoms with van der Waals surface area (Å²) < 4.78 is 12.5. The lowest BCUT2D eigenvalue weighted by atomic mass is 10.3. The second-order valence-corrected chi connectivity index (χ2v) is 8.22. The van der Waals surface area contributed by atoms with E-state index in [0.29, 0.717) is 5.69 Å². The minimum absolute atomic E-state index is 0.710. The van der Waals surface area contributed by atoms with Crippen molar-refractivity contribution in [1.82, 2.24) is 0 Å². The predicted octanol–water partition coefficient (Wildman–Crippen LogP) is 2.55. The molecule has 0 fully saturated rings. The average molecular weight is 321 g/mol. The Labute approximate surface area is 137 Å². The number of nitrogens with two attached hydrogens (primary N) is 1. The number of rotatable bonds is 5. The predicted molar refractivity (Wildman–Crippen MR) is 96.4 cm³/mol. The molecule has 0 aliphatic rings. The smallest absolute Gasteiger partial charge is 0.468 e. The summed E-state index contributed by atoms with van der Waals surface area (Å²) in [5.41, 5.74) is 6.48. The molecule has 3 nitrogen and oxygen atoms in total. The lowest BCUT2D eigenvalue weighted by molar-refractivity contribution is 0.329. The molecule has 0 unspecified atom stereocenters. The third kappa shape index (κ3) is 3.13. The molecule has 3 aromatic carbocycles. The van der Waals surface area contributed by atoms with Crippen molar-refractivity contribution >= 4 is 24.6 Å². The van der Waals surface area contributed by atoms with Crippen molar-refractivity contribution in [2.24, 2.45) is 0 Å². The Morgan fingerprint density at radius 3 is 1.61 bits per heavy atom. The second kappa shape index (κ2) is 6.69. The highest BCUT2D eigenvalue weighted by molar-refractivity contribution is 6.93. The first-order chi connectivity index (χ1) is 11.2. The molecule has 2 N–H and O–H groups in total. The molecule has 0 aliphatic carbocycles. The van der Waals surface area contributed by atoms with Gasteiger partial charge in [-0.3, -0.25) is 0 Å². The van der Waals surface area contributed by atoms with Gasteiger partial charge in [-0.05, 0) is 24.3 Å². The monoisotopic (exact) mass is 321 g/mol. The standard InChI is InChI=1S/C19H19NO2Si/c1-21-23(18-8-4-2-5-9-18,19-10-6-3-7-11-19)22-17-14-12-16(20)13-15-17/h2-15H,20H2,1H3. The Morgan fingerprint density at radius 1 is 0.696 bits per heavy atom. The molecule has 0 atom stereocenters. The van der Waals surface area contributed by atoms with Crippen molar-refractivity contribution in [1.29, 1.82) is 0 Å². The van der Waals surface area contributed by atoms with Gasteiger partial charge in [0, 0.05) is 23.2 Å². The number of benzene rings is 3. The van der Waals surface area contributed by atoms with Crippen molar-refractivity contribution in [3.63, 3.8) is 0 Å². The minimum Gasteiger partial charge on any atom is -0.514 e. The molecule has 0 saturated carbocycles. The molecule has 3 rings (SSSR count). The Bertz CT molecular complexity index is 706. The van der Waals surface area contributed by atoms with Gasteiger partial charge in [0.25, 0.3) is 0 Å². The number of hydrogen-bond acceptors (Lipinski definition) is 3. The SMILES string of the molecule is CO[Si](Oc1ccc(N)cc1)(c1ccccc1)c1ccccc1. The lowest BCUT2D eigenvalue weighted by Crippen LogP contribution is -2.65. The van der Waals surface area contributed by atoms with Gasteiger partial charge in [-0.2, -0.15) is 0 Å². The quantitative estimate of drug-likeness (QED) is 0.580. The van der Waals surface area contributed by atoms with Crippen LogP contribution in [0.4, 0.5) is 5.69 Å². The van der Waals surface area contributed by atoms with E-state index in [-0.39, 0.29) is 0 Å². The molecule has 0 bridgehead atoms. The minimum atomic E-state index is -2.82. The molecular formula is C19H19NO2Si. The summed E-state index contributed by atoms with van der Waals surface area (Å²) in [6, 6.07) is 27.6. The third-order valence-corrected chi connectivity index (χ3v) is 7.02. The maximum Gasteiger partial charge on any atom is 0.468 e. The summed E-state index contributed by atoms with van der Waals surface area (Å²) in [5.74, 6) is 0.750. The number of hydrogen-bond donors (Lipinski definition) is 1. The second-order valence-electron chi connectivity index (χ2n) is 5.22. The molecule has 0 radical (unpaired) electrons. The van der Waals surface area contributed by atoms with E-state index < -0.39 is 8.56 Å². The molecule has 0 saturated heterocycles. The number of nitrogen functional groups attached to an aromatic ring is 1. The molecule has 116 valence electrons. The van der Waals surface area contributed by atoms with E-state index in [1.54, 1.807) is 7.11 Å². The molecule has 3 aromatic rings. The van der Waals surface area contributed by atoms with E-state index in [9.17, 15) is 0 Å². The van der Waals surface area contributed by atoms with Gasteiger partial charge >= 0.3 is 8.56 Å². The van der Waals surface area contributed by atoms with Crippen LogP contribution in [0.15, 0.2) is 84.9 Å². The zero-order valence-corrected chi connectivity index (χ0v) is 14.0. The first-order valence-corrected chi connectivity index (χ1v) is 9.27. The average Bonchev–Trinajstić information content (AvgIpc) is 2.63. The summed E-state index contributed by atoms with van der Waals surface area (Å²) >= 11 is 0. The zero-order valence-electron chi connectivity index (χ0n) is 13.0. The largest absolute Gasteiger partial charge is 0.514 e. The highest BCUT2D eigenvalue weighted by atomic mass is 28.4. The maximum absolute atomic E-state index is 6.44. The molecule has 0 heterocycles. The fourth-order valence-corrected chi connectivity index (χ4v) is 5.43.